The Morgan fingerprint density at radius 3 is 2.27 bits per heavy atom. The molecule has 2 saturated heterocycles. The van der Waals surface area contributed by atoms with Crippen molar-refractivity contribution >= 4 is 27.7 Å². The Kier molecular flexibility index (Phi) is 6.57. The topological polar surface area (TPSA) is 49.9 Å². The minimum atomic E-state index is -0.00329. The monoisotopic (exact) mass is 422 g/mol. The van der Waals surface area contributed by atoms with E-state index in [2.05, 4.69) is 15.9 Å². The van der Waals surface area contributed by atoms with Gasteiger partial charge in [-0.1, -0.05) is 12.8 Å². The first-order valence-electron chi connectivity index (χ1n) is 9.51. The van der Waals surface area contributed by atoms with Crippen LogP contribution in [0.5, 0.6) is 5.75 Å². The number of carbonyl (C=O) groups excluding carboxylic acids is 2. The number of nitrogens with zero attached hydrogens (tertiary/aromatic N) is 2. The number of likely N-dealkylation sites (tertiary alicyclic amines) is 2. The highest BCUT2D eigenvalue weighted by Gasteiger charge is 2.31. The fraction of sp³-hybridized carbons (Fsp3) is 0.600. The van der Waals surface area contributed by atoms with E-state index in [1.807, 2.05) is 21.9 Å². The second-order valence-electron chi connectivity index (χ2n) is 7.15. The maximum atomic E-state index is 12.9. The molecule has 0 aromatic heterocycles. The van der Waals surface area contributed by atoms with Gasteiger partial charge < -0.3 is 14.5 Å². The van der Waals surface area contributed by atoms with Crippen LogP contribution >= 0.6 is 15.9 Å². The molecule has 1 aromatic carbocycles. The summed E-state index contributed by atoms with van der Waals surface area (Å²) in [7, 11) is 1.59. The summed E-state index contributed by atoms with van der Waals surface area (Å²) in [6.45, 7) is 3.06. The van der Waals surface area contributed by atoms with Crippen LogP contribution in [0.25, 0.3) is 0 Å². The third-order valence-corrected chi connectivity index (χ3v) is 6.14. The maximum absolute atomic E-state index is 12.9. The van der Waals surface area contributed by atoms with Gasteiger partial charge in [-0.05, 0) is 59.8 Å². The van der Waals surface area contributed by atoms with Gasteiger partial charge in [0.15, 0.2) is 0 Å². The first-order chi connectivity index (χ1) is 12.6. The molecule has 2 aliphatic heterocycles. The molecule has 5 nitrogen and oxygen atoms in total. The minimum absolute atomic E-state index is 0.00329. The molecular weight excluding hydrogens is 396 g/mol. The number of amides is 2. The lowest BCUT2D eigenvalue weighted by Crippen LogP contribution is -2.44. The van der Waals surface area contributed by atoms with Crippen molar-refractivity contribution in [1.82, 2.24) is 9.80 Å². The third-order valence-electron chi connectivity index (χ3n) is 5.45. The average molecular weight is 423 g/mol. The second kappa shape index (κ2) is 8.89. The predicted octanol–water partition coefficient (Wildman–Crippen LogP) is 3.71. The predicted molar refractivity (Wildman–Crippen MR) is 104 cm³/mol. The van der Waals surface area contributed by atoms with E-state index in [0.29, 0.717) is 30.3 Å². The molecule has 26 heavy (non-hydrogen) atoms. The van der Waals surface area contributed by atoms with Gasteiger partial charge in [0, 0.05) is 36.6 Å². The van der Waals surface area contributed by atoms with Crippen LogP contribution in [0.15, 0.2) is 22.7 Å². The first kappa shape index (κ1) is 19.2. The van der Waals surface area contributed by atoms with Crippen molar-refractivity contribution in [3.8, 4) is 5.75 Å². The molecule has 2 amide bonds. The fourth-order valence-electron chi connectivity index (χ4n) is 3.84. The first-order valence-corrected chi connectivity index (χ1v) is 10.3. The largest absolute Gasteiger partial charge is 0.497 e. The van der Waals surface area contributed by atoms with E-state index in [1.165, 1.54) is 12.8 Å². The van der Waals surface area contributed by atoms with Crippen LogP contribution in [0.4, 0.5) is 0 Å². The molecule has 0 saturated carbocycles. The standard InChI is InChI=1S/C20H27BrN2O3/c1-26-16-6-7-18(21)17(14-16)20(25)23-12-8-15(9-13-23)19(24)22-10-4-2-3-5-11-22/h6-7,14-15H,2-5,8-13H2,1H3. The van der Waals surface area contributed by atoms with Crippen molar-refractivity contribution in [2.24, 2.45) is 5.92 Å². The van der Waals surface area contributed by atoms with Gasteiger partial charge in [0.2, 0.25) is 5.91 Å². The quantitative estimate of drug-likeness (QED) is 0.745. The molecule has 1 aromatic rings. The van der Waals surface area contributed by atoms with Crippen molar-refractivity contribution in [2.75, 3.05) is 33.3 Å². The highest BCUT2D eigenvalue weighted by atomic mass is 79.9. The Balaban J connectivity index is 1.59. The third kappa shape index (κ3) is 4.40. The lowest BCUT2D eigenvalue weighted by Gasteiger charge is -2.34. The van der Waals surface area contributed by atoms with Crippen LogP contribution in [0.1, 0.15) is 48.9 Å². The zero-order valence-electron chi connectivity index (χ0n) is 15.4. The van der Waals surface area contributed by atoms with Gasteiger partial charge in [0.1, 0.15) is 5.75 Å². The summed E-state index contributed by atoms with van der Waals surface area (Å²) in [5.41, 5.74) is 0.613. The van der Waals surface area contributed by atoms with E-state index in [4.69, 9.17) is 4.74 Å². The molecule has 0 spiro atoms. The van der Waals surface area contributed by atoms with Gasteiger partial charge in [-0.2, -0.15) is 0 Å². The van der Waals surface area contributed by atoms with Gasteiger partial charge in [-0.25, -0.2) is 0 Å². The molecule has 0 aliphatic carbocycles. The van der Waals surface area contributed by atoms with E-state index >= 15 is 0 Å². The van der Waals surface area contributed by atoms with Gasteiger partial charge in [0.25, 0.3) is 5.91 Å². The van der Waals surface area contributed by atoms with Crippen molar-refractivity contribution in [2.45, 2.75) is 38.5 Å². The lowest BCUT2D eigenvalue weighted by atomic mass is 9.94. The molecule has 6 heteroatoms. The number of piperidine rings is 1. The highest BCUT2D eigenvalue weighted by molar-refractivity contribution is 9.10. The molecule has 2 fully saturated rings. The zero-order chi connectivity index (χ0) is 18.5. The molecule has 3 rings (SSSR count). The van der Waals surface area contributed by atoms with Crippen LogP contribution in [-0.4, -0.2) is 54.9 Å². The normalized spacial score (nSPS) is 19.2. The van der Waals surface area contributed by atoms with Crippen molar-refractivity contribution in [3.05, 3.63) is 28.2 Å². The molecule has 2 aliphatic rings. The Morgan fingerprint density at radius 2 is 1.65 bits per heavy atom. The SMILES string of the molecule is COc1ccc(Br)c(C(=O)N2CCC(C(=O)N3CCCCCC3)CC2)c1. The van der Waals surface area contributed by atoms with Gasteiger partial charge >= 0.3 is 0 Å². The van der Waals surface area contributed by atoms with E-state index in [9.17, 15) is 9.59 Å². The number of benzene rings is 1. The van der Waals surface area contributed by atoms with Crippen LogP contribution in [0.3, 0.4) is 0 Å². The molecular formula is C20H27BrN2O3. The number of hydrogen-bond acceptors (Lipinski definition) is 3. The molecule has 0 N–H and O–H groups in total. The van der Waals surface area contributed by atoms with E-state index in [1.54, 1.807) is 13.2 Å². The number of methoxy groups -OCH3 is 1. The Labute approximate surface area is 163 Å². The average Bonchev–Trinajstić information content (AvgIpc) is 2.97. The van der Waals surface area contributed by atoms with Crippen molar-refractivity contribution in [3.63, 3.8) is 0 Å². The van der Waals surface area contributed by atoms with Crippen molar-refractivity contribution in [1.29, 1.82) is 0 Å². The molecule has 2 heterocycles. The van der Waals surface area contributed by atoms with Crippen LogP contribution in [0.2, 0.25) is 0 Å². The molecule has 0 bridgehead atoms. The number of carbonyl (C=O) groups is 2. The summed E-state index contributed by atoms with van der Waals surface area (Å²) in [5.74, 6) is 1.02. The fourth-order valence-corrected chi connectivity index (χ4v) is 4.26. The number of rotatable bonds is 3. The Bertz CT molecular complexity index is 648. The van der Waals surface area contributed by atoms with E-state index in [-0.39, 0.29) is 11.8 Å². The summed E-state index contributed by atoms with van der Waals surface area (Å²) in [4.78, 5) is 29.5. The summed E-state index contributed by atoms with van der Waals surface area (Å²) in [6, 6.07) is 5.43. The van der Waals surface area contributed by atoms with Crippen LogP contribution in [-0.2, 0) is 4.79 Å². The number of hydrogen-bond donors (Lipinski definition) is 0. The van der Waals surface area contributed by atoms with Gasteiger partial charge in [-0.15, -0.1) is 0 Å². The zero-order valence-corrected chi connectivity index (χ0v) is 17.0. The molecule has 0 atom stereocenters. The summed E-state index contributed by atoms with van der Waals surface area (Å²) >= 11 is 3.46. The molecule has 0 unspecified atom stereocenters. The maximum Gasteiger partial charge on any atom is 0.255 e. The summed E-state index contributed by atoms with van der Waals surface area (Å²) < 4.78 is 6.00. The molecule has 142 valence electrons. The van der Waals surface area contributed by atoms with Gasteiger partial charge in [-0.3, -0.25) is 9.59 Å². The second-order valence-corrected chi connectivity index (χ2v) is 8.01. The number of halogens is 1. The van der Waals surface area contributed by atoms with Crippen LogP contribution in [0, 0.1) is 5.92 Å². The van der Waals surface area contributed by atoms with Crippen LogP contribution < -0.4 is 4.74 Å². The van der Waals surface area contributed by atoms with Crippen molar-refractivity contribution < 1.29 is 14.3 Å². The summed E-state index contributed by atoms with van der Waals surface area (Å²) in [6.07, 6.45) is 6.20. The lowest BCUT2D eigenvalue weighted by molar-refractivity contribution is -0.136. The Morgan fingerprint density at radius 1 is 1.00 bits per heavy atom. The smallest absolute Gasteiger partial charge is 0.255 e. The molecule has 0 radical (unpaired) electrons. The Hall–Kier alpha value is -1.56. The van der Waals surface area contributed by atoms with E-state index in [0.717, 1.165) is 43.2 Å². The minimum Gasteiger partial charge on any atom is -0.497 e. The number of ether oxygens (including phenoxy) is 1. The highest BCUT2D eigenvalue weighted by Crippen LogP contribution is 2.27. The van der Waals surface area contributed by atoms with Gasteiger partial charge in [0.05, 0.1) is 12.7 Å². The van der Waals surface area contributed by atoms with E-state index < -0.39 is 0 Å². The summed E-state index contributed by atoms with van der Waals surface area (Å²) in [5, 5.41) is 0.